The Balaban J connectivity index is 0.970. The van der Waals surface area contributed by atoms with Gasteiger partial charge in [-0.1, -0.05) is 158 Å². The van der Waals surface area contributed by atoms with E-state index in [2.05, 4.69) is 221 Å². The van der Waals surface area contributed by atoms with Gasteiger partial charge in [0, 0.05) is 32.7 Å². The van der Waals surface area contributed by atoms with E-state index in [9.17, 15) is 0 Å². The topological polar surface area (TPSA) is 61.4 Å². The molecule has 0 amide bonds. The summed E-state index contributed by atoms with van der Waals surface area (Å²) in [7, 11) is 0. The molecule has 13 rings (SSSR count). The number of nitrogens with zero attached hydrogens (tertiary/aromatic N) is 6. The van der Waals surface area contributed by atoms with Crippen LogP contribution in [0.3, 0.4) is 0 Å². The van der Waals surface area contributed by atoms with Gasteiger partial charge in [0.2, 0.25) is 0 Å². The van der Waals surface area contributed by atoms with E-state index in [1.54, 1.807) is 0 Å². The molecular formula is C62H40N6. The zero-order chi connectivity index (χ0) is 45.0. The van der Waals surface area contributed by atoms with E-state index in [0.717, 1.165) is 79.0 Å². The highest BCUT2D eigenvalue weighted by molar-refractivity contribution is 6.11. The summed E-state index contributed by atoms with van der Waals surface area (Å²) in [5.74, 6) is 1.61. The van der Waals surface area contributed by atoms with Crippen LogP contribution in [-0.4, -0.2) is 29.1 Å². The fourth-order valence-electron chi connectivity index (χ4n) is 9.75. The van der Waals surface area contributed by atoms with E-state index >= 15 is 0 Å². The van der Waals surface area contributed by atoms with Crippen molar-refractivity contribution in [2.24, 2.45) is 0 Å². The van der Waals surface area contributed by atoms with Crippen LogP contribution in [0.15, 0.2) is 243 Å². The summed E-state index contributed by atoms with van der Waals surface area (Å²) in [6.45, 7) is 0. The van der Waals surface area contributed by atoms with Crippen molar-refractivity contribution in [1.29, 1.82) is 0 Å². The fourth-order valence-corrected chi connectivity index (χ4v) is 9.75. The molecule has 0 aliphatic rings. The molecule has 0 aliphatic carbocycles. The van der Waals surface area contributed by atoms with Crippen LogP contribution in [0, 0.1) is 0 Å². The SMILES string of the molecule is c1ccc(-c2ccc3c(c2)c2ccccc2n3-c2cccc(-c3cc(-c4cccc(-c5ccccc5)n4)cc(-c4cccc(-n5c6ccccc6c6cc(-c7ccccc7)ccc65)n4)n3)n2)cc1. The lowest BCUT2D eigenvalue weighted by Gasteiger charge is -2.13. The van der Waals surface area contributed by atoms with Gasteiger partial charge in [0.15, 0.2) is 0 Å². The zero-order valence-corrected chi connectivity index (χ0v) is 36.8. The maximum Gasteiger partial charge on any atom is 0.138 e. The largest absolute Gasteiger partial charge is 0.294 e. The van der Waals surface area contributed by atoms with Crippen molar-refractivity contribution in [3.63, 3.8) is 0 Å². The van der Waals surface area contributed by atoms with E-state index in [1.165, 1.54) is 43.8 Å². The molecular weight excluding hydrogens is 829 g/mol. The minimum atomic E-state index is 0.718. The Bertz CT molecular complexity index is 3800. The molecule has 0 unspecified atom stereocenters. The summed E-state index contributed by atoms with van der Waals surface area (Å²) in [5.41, 5.74) is 15.7. The second-order valence-electron chi connectivity index (χ2n) is 17.1. The average Bonchev–Trinajstić information content (AvgIpc) is 3.94. The zero-order valence-electron chi connectivity index (χ0n) is 36.8. The molecule has 318 valence electrons. The van der Waals surface area contributed by atoms with Gasteiger partial charge >= 0.3 is 0 Å². The van der Waals surface area contributed by atoms with Gasteiger partial charge in [0.05, 0.1) is 56.2 Å². The van der Waals surface area contributed by atoms with Crippen LogP contribution in [0.5, 0.6) is 0 Å². The molecule has 7 aromatic carbocycles. The van der Waals surface area contributed by atoms with E-state index in [-0.39, 0.29) is 0 Å². The Hall–Kier alpha value is -9.26. The Morgan fingerprint density at radius 1 is 0.206 bits per heavy atom. The second-order valence-corrected chi connectivity index (χ2v) is 17.1. The Kier molecular flexibility index (Phi) is 9.39. The van der Waals surface area contributed by atoms with Crippen LogP contribution >= 0.6 is 0 Å². The predicted molar refractivity (Wildman–Crippen MR) is 279 cm³/mol. The lowest BCUT2D eigenvalue weighted by molar-refractivity contribution is 1.07. The quantitative estimate of drug-likeness (QED) is 0.153. The number of pyridine rings is 4. The minimum absolute atomic E-state index is 0.718. The third kappa shape index (κ3) is 6.82. The number of hydrogen-bond acceptors (Lipinski definition) is 4. The number of fused-ring (bicyclic) bond motifs is 6. The fraction of sp³-hybridized carbons (Fsp3) is 0. The van der Waals surface area contributed by atoms with Crippen LogP contribution < -0.4 is 0 Å². The van der Waals surface area contributed by atoms with Gasteiger partial charge in [-0.25, -0.2) is 19.9 Å². The van der Waals surface area contributed by atoms with Gasteiger partial charge in [0.1, 0.15) is 11.6 Å². The molecule has 0 radical (unpaired) electrons. The first-order valence-corrected chi connectivity index (χ1v) is 22.9. The van der Waals surface area contributed by atoms with Crippen molar-refractivity contribution in [3.8, 4) is 79.2 Å². The van der Waals surface area contributed by atoms with Crippen molar-refractivity contribution < 1.29 is 0 Å². The van der Waals surface area contributed by atoms with E-state index in [0.29, 0.717) is 0 Å². The van der Waals surface area contributed by atoms with Crippen LogP contribution in [0.1, 0.15) is 0 Å². The molecule has 6 heteroatoms. The summed E-state index contributed by atoms with van der Waals surface area (Å²) < 4.78 is 4.52. The molecule has 0 fully saturated rings. The maximum atomic E-state index is 5.41. The summed E-state index contributed by atoms with van der Waals surface area (Å²) in [6.07, 6.45) is 0. The molecule has 13 aromatic rings. The average molecular weight is 869 g/mol. The number of hydrogen-bond donors (Lipinski definition) is 0. The molecule has 0 spiro atoms. The highest BCUT2D eigenvalue weighted by Crippen LogP contribution is 2.38. The summed E-state index contributed by atoms with van der Waals surface area (Å²) in [6, 6.07) is 84.7. The first kappa shape index (κ1) is 39.1. The number of benzene rings is 7. The lowest BCUT2D eigenvalue weighted by Crippen LogP contribution is -2.01. The molecule has 0 saturated heterocycles. The first-order valence-electron chi connectivity index (χ1n) is 22.9. The van der Waals surface area contributed by atoms with E-state index in [4.69, 9.17) is 19.9 Å². The molecule has 0 aliphatic heterocycles. The van der Waals surface area contributed by atoms with Gasteiger partial charge < -0.3 is 0 Å². The predicted octanol–water partition coefficient (Wildman–Crippen LogP) is 15.5. The number of aromatic nitrogens is 6. The normalized spacial score (nSPS) is 11.5. The second kappa shape index (κ2) is 16.3. The van der Waals surface area contributed by atoms with Crippen molar-refractivity contribution in [3.05, 3.63) is 243 Å². The van der Waals surface area contributed by atoms with Crippen molar-refractivity contribution in [2.75, 3.05) is 0 Å². The molecule has 0 N–H and O–H groups in total. The smallest absolute Gasteiger partial charge is 0.138 e. The van der Waals surface area contributed by atoms with Crippen molar-refractivity contribution in [2.45, 2.75) is 0 Å². The first-order chi connectivity index (χ1) is 33.7. The highest BCUT2D eigenvalue weighted by Gasteiger charge is 2.19. The van der Waals surface area contributed by atoms with Gasteiger partial charge in [-0.15, -0.1) is 0 Å². The van der Waals surface area contributed by atoms with Crippen molar-refractivity contribution >= 4 is 43.6 Å². The van der Waals surface area contributed by atoms with Crippen LogP contribution in [-0.2, 0) is 0 Å². The number of rotatable bonds is 8. The molecule has 0 bridgehead atoms. The maximum absolute atomic E-state index is 5.41. The van der Waals surface area contributed by atoms with Crippen LogP contribution in [0.4, 0.5) is 0 Å². The summed E-state index contributed by atoms with van der Waals surface area (Å²) in [4.78, 5) is 21.4. The van der Waals surface area contributed by atoms with Gasteiger partial charge in [-0.2, -0.15) is 0 Å². The van der Waals surface area contributed by atoms with E-state index in [1.807, 2.05) is 30.3 Å². The van der Waals surface area contributed by atoms with Crippen LogP contribution in [0.2, 0.25) is 0 Å². The molecule has 6 heterocycles. The number of para-hydroxylation sites is 2. The third-order valence-electron chi connectivity index (χ3n) is 13.0. The van der Waals surface area contributed by atoms with Crippen molar-refractivity contribution in [1.82, 2.24) is 29.1 Å². The summed E-state index contributed by atoms with van der Waals surface area (Å²) >= 11 is 0. The van der Waals surface area contributed by atoms with Gasteiger partial charge in [-0.3, -0.25) is 9.13 Å². The van der Waals surface area contributed by atoms with E-state index < -0.39 is 0 Å². The minimum Gasteiger partial charge on any atom is -0.294 e. The highest BCUT2D eigenvalue weighted by atomic mass is 15.1. The Morgan fingerprint density at radius 2 is 0.588 bits per heavy atom. The lowest BCUT2D eigenvalue weighted by atomic mass is 10.0. The monoisotopic (exact) mass is 868 g/mol. The Labute approximate surface area is 392 Å². The van der Waals surface area contributed by atoms with Gasteiger partial charge in [0.25, 0.3) is 0 Å². The molecule has 0 saturated carbocycles. The summed E-state index contributed by atoms with van der Waals surface area (Å²) in [5, 5.41) is 4.69. The molecule has 6 aromatic heterocycles. The molecule has 68 heavy (non-hydrogen) atoms. The van der Waals surface area contributed by atoms with Crippen LogP contribution in [0.25, 0.3) is 123 Å². The standard InChI is InChI=1S/C62H40N6/c1-4-17-41(18-5-1)44-33-35-59-49(37-44)47-23-10-12-29-57(47)67(59)61-31-15-27-53(65-61)55-39-46(52-26-14-25-51(63-52)43-21-8-3-9-22-43)40-56(64-55)54-28-16-32-62(66-54)68-58-30-13-11-24-48(58)50-38-45(34-36-60(50)68)42-19-6-2-7-20-42/h1-40H. The third-order valence-corrected chi connectivity index (χ3v) is 13.0. The Morgan fingerprint density at radius 3 is 1.09 bits per heavy atom. The molecule has 0 atom stereocenters. The van der Waals surface area contributed by atoms with Gasteiger partial charge in [-0.05, 0) is 107 Å². The molecule has 6 nitrogen and oxygen atoms in total.